The minimum Gasteiger partial charge on any atom is -0.340 e. The molecule has 1 aliphatic rings. The number of nitrogens with zero attached hydrogens (tertiary/aromatic N) is 3. The fraction of sp³-hybridized carbons (Fsp3) is 0.108. The molecule has 0 bridgehead atoms. The number of nitrogens with one attached hydrogen (secondary N) is 1. The van der Waals surface area contributed by atoms with Crippen LogP contribution in [-0.4, -0.2) is 15.0 Å². The SMILES string of the molecule is CC1=C(C(=O)Nc2ccccc2)[C@H](c2ccc(F)cc2)n2c(s/c(=C\c3c(C)n(Cc4ccc(Cl)cc4)c4ccccc34)c2=O)=N1. The van der Waals surface area contributed by atoms with Crippen molar-refractivity contribution in [3.8, 4) is 0 Å². The second-order valence-electron chi connectivity index (χ2n) is 11.2. The molecule has 1 amide bonds. The lowest BCUT2D eigenvalue weighted by atomic mass is 9.95. The number of rotatable bonds is 6. The van der Waals surface area contributed by atoms with Crippen LogP contribution in [0.3, 0.4) is 0 Å². The van der Waals surface area contributed by atoms with Crippen LogP contribution in [0.5, 0.6) is 0 Å². The number of aromatic nitrogens is 2. The van der Waals surface area contributed by atoms with Crippen LogP contribution in [0.15, 0.2) is 124 Å². The molecule has 1 atom stereocenters. The quantitative estimate of drug-likeness (QED) is 0.212. The molecule has 0 aliphatic carbocycles. The van der Waals surface area contributed by atoms with Crippen molar-refractivity contribution >= 4 is 51.5 Å². The maximum Gasteiger partial charge on any atom is 0.271 e. The Bertz CT molecular complexity index is 2340. The van der Waals surface area contributed by atoms with Crippen molar-refractivity contribution in [2.24, 2.45) is 4.99 Å². The lowest BCUT2D eigenvalue weighted by molar-refractivity contribution is -0.113. The Balaban J connectivity index is 1.38. The maximum absolute atomic E-state index is 14.3. The average Bonchev–Trinajstić information content (AvgIpc) is 3.50. The molecule has 0 unspecified atom stereocenters. The molecule has 7 rings (SSSR count). The number of amides is 1. The summed E-state index contributed by atoms with van der Waals surface area (Å²) in [6.45, 7) is 4.46. The van der Waals surface area contributed by atoms with Crippen LogP contribution in [0, 0.1) is 12.7 Å². The molecular formula is C37H28ClFN4O2S. The smallest absolute Gasteiger partial charge is 0.271 e. The molecule has 0 radical (unpaired) electrons. The predicted molar refractivity (Wildman–Crippen MR) is 182 cm³/mol. The largest absolute Gasteiger partial charge is 0.340 e. The van der Waals surface area contributed by atoms with Gasteiger partial charge in [0.15, 0.2) is 4.80 Å². The summed E-state index contributed by atoms with van der Waals surface area (Å²) in [6, 6.07) is 30.1. The van der Waals surface area contributed by atoms with E-state index in [1.807, 2.05) is 60.7 Å². The molecule has 0 spiro atoms. The molecule has 46 heavy (non-hydrogen) atoms. The average molecular weight is 647 g/mol. The fourth-order valence-electron chi connectivity index (χ4n) is 6.04. The lowest BCUT2D eigenvalue weighted by Gasteiger charge is -2.25. The van der Waals surface area contributed by atoms with E-state index in [4.69, 9.17) is 16.6 Å². The van der Waals surface area contributed by atoms with Crippen molar-refractivity contribution < 1.29 is 9.18 Å². The molecule has 1 N–H and O–H groups in total. The van der Waals surface area contributed by atoms with Crippen LogP contribution in [-0.2, 0) is 11.3 Å². The molecule has 9 heteroatoms. The van der Waals surface area contributed by atoms with Crippen LogP contribution in [0.2, 0.25) is 5.02 Å². The van der Waals surface area contributed by atoms with E-state index in [1.165, 1.54) is 23.5 Å². The Morgan fingerprint density at radius 3 is 2.39 bits per heavy atom. The first kappa shape index (κ1) is 29.6. The Morgan fingerprint density at radius 2 is 1.65 bits per heavy atom. The van der Waals surface area contributed by atoms with Crippen LogP contribution in [0.1, 0.15) is 35.3 Å². The van der Waals surface area contributed by atoms with Gasteiger partial charge in [-0.15, -0.1) is 0 Å². The minimum absolute atomic E-state index is 0.274. The van der Waals surface area contributed by atoms with E-state index in [1.54, 1.807) is 35.8 Å². The third-order valence-corrected chi connectivity index (χ3v) is 9.53. The van der Waals surface area contributed by atoms with Gasteiger partial charge in [-0.1, -0.05) is 83.6 Å². The predicted octanol–water partition coefficient (Wildman–Crippen LogP) is 6.98. The summed E-state index contributed by atoms with van der Waals surface area (Å²) in [6.07, 6.45) is 1.92. The summed E-state index contributed by atoms with van der Waals surface area (Å²) in [5, 5.41) is 4.65. The highest BCUT2D eigenvalue weighted by Gasteiger charge is 2.32. The molecular weight excluding hydrogens is 619 g/mol. The summed E-state index contributed by atoms with van der Waals surface area (Å²) < 4.78 is 18.3. The number of benzene rings is 4. The highest BCUT2D eigenvalue weighted by Crippen LogP contribution is 2.32. The number of hydrogen-bond acceptors (Lipinski definition) is 4. The Morgan fingerprint density at radius 1 is 0.957 bits per heavy atom. The first-order valence-electron chi connectivity index (χ1n) is 14.7. The molecule has 0 saturated carbocycles. The number of carbonyl (C=O) groups excluding carboxylic acids is 1. The second-order valence-corrected chi connectivity index (χ2v) is 12.6. The summed E-state index contributed by atoms with van der Waals surface area (Å²) in [5.74, 6) is -0.783. The van der Waals surface area contributed by atoms with E-state index in [2.05, 4.69) is 28.9 Å². The number of anilines is 1. The molecule has 3 heterocycles. The third-order valence-electron chi connectivity index (χ3n) is 8.29. The number of halogens is 2. The normalized spacial score (nSPS) is 14.8. The zero-order valence-corrected chi connectivity index (χ0v) is 26.6. The van der Waals surface area contributed by atoms with Gasteiger partial charge in [-0.2, -0.15) is 0 Å². The van der Waals surface area contributed by atoms with Gasteiger partial charge >= 0.3 is 0 Å². The first-order valence-corrected chi connectivity index (χ1v) is 15.9. The second kappa shape index (κ2) is 12.0. The molecule has 228 valence electrons. The van der Waals surface area contributed by atoms with Gasteiger partial charge in [0.1, 0.15) is 5.82 Å². The number of para-hydroxylation sites is 2. The number of hydrogen-bond donors (Lipinski definition) is 1. The van der Waals surface area contributed by atoms with E-state index in [-0.39, 0.29) is 11.5 Å². The highest BCUT2D eigenvalue weighted by atomic mass is 35.5. The maximum atomic E-state index is 14.3. The zero-order chi connectivity index (χ0) is 31.9. The van der Waals surface area contributed by atoms with Crippen molar-refractivity contribution in [1.29, 1.82) is 0 Å². The third kappa shape index (κ3) is 5.40. The fourth-order valence-corrected chi connectivity index (χ4v) is 7.19. The number of allylic oxidation sites excluding steroid dienone is 1. The van der Waals surface area contributed by atoms with Gasteiger partial charge in [0.05, 0.1) is 21.8 Å². The topological polar surface area (TPSA) is 68.4 Å². The zero-order valence-electron chi connectivity index (χ0n) is 25.0. The van der Waals surface area contributed by atoms with E-state index in [0.29, 0.717) is 43.4 Å². The lowest BCUT2D eigenvalue weighted by Crippen LogP contribution is -2.40. The van der Waals surface area contributed by atoms with Crippen LogP contribution in [0.25, 0.3) is 17.0 Å². The van der Waals surface area contributed by atoms with Crippen molar-refractivity contribution in [3.63, 3.8) is 0 Å². The standard InChI is InChI=1S/C37H28ClFN4O2S/c1-22-33(35(44)41-28-8-4-3-5-9-28)34(25-14-18-27(39)19-15-25)43-36(45)32(46-37(43)40-22)20-30-23(2)42(31-11-7-6-10-29(30)31)21-24-12-16-26(38)17-13-24/h3-20,34H,21H2,1-2H3,(H,41,44)/b32-20-/t34-/m0/s1. The summed E-state index contributed by atoms with van der Waals surface area (Å²) in [4.78, 5) is 33.3. The van der Waals surface area contributed by atoms with Crippen molar-refractivity contribution in [2.45, 2.75) is 26.4 Å². The molecule has 4 aromatic carbocycles. The van der Waals surface area contributed by atoms with Crippen LogP contribution in [0.4, 0.5) is 10.1 Å². The van der Waals surface area contributed by atoms with E-state index < -0.39 is 11.9 Å². The van der Waals surface area contributed by atoms with Gasteiger partial charge in [-0.25, -0.2) is 9.38 Å². The molecule has 6 nitrogen and oxygen atoms in total. The van der Waals surface area contributed by atoms with E-state index in [9.17, 15) is 14.0 Å². The summed E-state index contributed by atoms with van der Waals surface area (Å²) in [5.41, 5.74) is 5.87. The van der Waals surface area contributed by atoms with Gasteiger partial charge in [-0.3, -0.25) is 14.2 Å². The van der Waals surface area contributed by atoms with Crippen molar-refractivity contribution in [3.05, 3.63) is 167 Å². The number of fused-ring (bicyclic) bond motifs is 2. The van der Waals surface area contributed by atoms with E-state index in [0.717, 1.165) is 27.7 Å². The van der Waals surface area contributed by atoms with Crippen LogP contribution < -0.4 is 20.2 Å². The van der Waals surface area contributed by atoms with Gasteiger partial charge in [0.25, 0.3) is 11.5 Å². The highest BCUT2D eigenvalue weighted by molar-refractivity contribution is 7.07. The van der Waals surface area contributed by atoms with Gasteiger partial charge in [0.2, 0.25) is 0 Å². The summed E-state index contributed by atoms with van der Waals surface area (Å²) in [7, 11) is 0. The molecule has 6 aromatic rings. The van der Waals surface area contributed by atoms with Gasteiger partial charge in [-0.05, 0) is 73.5 Å². The molecule has 1 aliphatic heterocycles. The molecule has 0 saturated heterocycles. The van der Waals surface area contributed by atoms with Crippen molar-refractivity contribution in [1.82, 2.24) is 9.13 Å². The number of thiazole rings is 1. The van der Waals surface area contributed by atoms with Crippen molar-refractivity contribution in [2.75, 3.05) is 5.32 Å². The monoisotopic (exact) mass is 646 g/mol. The summed E-state index contributed by atoms with van der Waals surface area (Å²) >= 11 is 7.41. The van der Waals surface area contributed by atoms with E-state index >= 15 is 0 Å². The molecule has 2 aromatic heterocycles. The van der Waals surface area contributed by atoms with Gasteiger partial charge < -0.3 is 9.88 Å². The minimum atomic E-state index is -0.796. The Labute approximate surface area is 273 Å². The Hall–Kier alpha value is -5.05. The number of carbonyl (C=O) groups is 1. The van der Waals surface area contributed by atoms with Gasteiger partial charge in [0, 0.05) is 39.4 Å². The Kier molecular flexibility index (Phi) is 7.76. The first-order chi connectivity index (χ1) is 22.3. The van der Waals surface area contributed by atoms with Crippen LogP contribution >= 0.6 is 22.9 Å². The molecule has 0 fully saturated rings.